The molecule has 0 aliphatic rings. The summed E-state index contributed by atoms with van der Waals surface area (Å²) >= 11 is 1.44. The highest BCUT2D eigenvalue weighted by Crippen LogP contribution is 2.39. The lowest BCUT2D eigenvalue weighted by Crippen LogP contribution is -2.36. The molecule has 0 N–H and O–H groups in total. The van der Waals surface area contributed by atoms with Gasteiger partial charge in [0.15, 0.2) is 0 Å². The predicted molar refractivity (Wildman–Crippen MR) is 102 cm³/mol. The molecule has 1 nitrogen and oxygen atoms in total. The second-order valence-corrected chi connectivity index (χ2v) is 7.92. The van der Waals surface area contributed by atoms with Gasteiger partial charge in [0, 0.05) is 6.42 Å². The number of benzene rings is 1. The molecule has 1 aromatic rings. The summed E-state index contributed by atoms with van der Waals surface area (Å²) in [4.78, 5) is 0. The lowest BCUT2D eigenvalue weighted by molar-refractivity contribution is -0.284. The molecule has 28 heavy (non-hydrogen) atoms. The first-order chi connectivity index (χ1) is 13.2. The first kappa shape index (κ1) is 25.0. The van der Waals surface area contributed by atoms with Crippen LogP contribution in [0.3, 0.4) is 0 Å². The predicted octanol–water partition coefficient (Wildman–Crippen LogP) is 7.65. The first-order valence-corrected chi connectivity index (χ1v) is 10.8. The van der Waals surface area contributed by atoms with E-state index < -0.39 is 18.5 Å². The Morgan fingerprint density at radius 3 is 1.86 bits per heavy atom. The SMILES string of the molecule is Fc1ccc(OCCCCCCCCCSCCCC(F)(F)C(F)(F)F)cc1. The second-order valence-electron chi connectivity index (χ2n) is 6.70. The lowest BCUT2D eigenvalue weighted by atomic mass is 10.1. The highest BCUT2D eigenvalue weighted by atomic mass is 32.2. The number of unbranched alkanes of at least 4 members (excludes halogenated alkanes) is 6. The van der Waals surface area contributed by atoms with E-state index in [0.717, 1.165) is 50.7 Å². The van der Waals surface area contributed by atoms with Crippen LogP contribution in [0.2, 0.25) is 0 Å². The largest absolute Gasteiger partial charge is 0.494 e. The van der Waals surface area contributed by atoms with Crippen LogP contribution < -0.4 is 4.74 Å². The monoisotopic (exact) mass is 430 g/mol. The van der Waals surface area contributed by atoms with Crippen molar-refractivity contribution in [3.05, 3.63) is 30.1 Å². The van der Waals surface area contributed by atoms with E-state index in [1.807, 2.05) is 0 Å². The molecule has 0 heterocycles. The molecule has 162 valence electrons. The maximum atomic E-state index is 12.7. The van der Waals surface area contributed by atoms with Crippen LogP contribution in [0.4, 0.5) is 26.3 Å². The summed E-state index contributed by atoms with van der Waals surface area (Å²) in [7, 11) is 0. The molecule has 0 saturated heterocycles. The van der Waals surface area contributed by atoms with Crippen molar-refractivity contribution in [3.8, 4) is 5.75 Å². The molecule has 0 amide bonds. The summed E-state index contributed by atoms with van der Waals surface area (Å²) in [6.07, 6.45) is 0.595. The molecule has 8 heteroatoms. The Morgan fingerprint density at radius 1 is 0.714 bits per heavy atom. The zero-order chi connectivity index (χ0) is 20.9. The molecule has 0 spiro atoms. The van der Waals surface area contributed by atoms with E-state index in [0.29, 0.717) is 18.1 Å². The van der Waals surface area contributed by atoms with Gasteiger partial charge in [-0.15, -0.1) is 0 Å². The third kappa shape index (κ3) is 11.1. The van der Waals surface area contributed by atoms with Gasteiger partial charge >= 0.3 is 12.1 Å². The van der Waals surface area contributed by atoms with Crippen LogP contribution in [-0.2, 0) is 0 Å². The first-order valence-electron chi connectivity index (χ1n) is 9.63. The van der Waals surface area contributed by atoms with Gasteiger partial charge < -0.3 is 4.74 Å². The molecule has 0 atom stereocenters. The van der Waals surface area contributed by atoms with Gasteiger partial charge in [0.25, 0.3) is 0 Å². The minimum atomic E-state index is -5.44. The standard InChI is InChI=1S/C20H28F6OS/c21-17-9-11-18(12-10-17)27-14-6-4-2-1-3-5-7-15-28-16-8-13-19(22,23)20(24,25)26/h9-12H,1-8,13-16H2. The van der Waals surface area contributed by atoms with Gasteiger partial charge in [0.2, 0.25) is 0 Å². The Labute approximate surface area is 167 Å². The van der Waals surface area contributed by atoms with Crippen molar-refractivity contribution in [2.75, 3.05) is 18.1 Å². The minimum absolute atomic E-state index is 0.128. The van der Waals surface area contributed by atoms with Gasteiger partial charge in [0.05, 0.1) is 6.61 Å². The summed E-state index contributed by atoms with van der Waals surface area (Å²) in [5.74, 6) is -3.06. The third-order valence-electron chi connectivity index (χ3n) is 4.21. The number of alkyl halides is 5. The Kier molecular flexibility index (Phi) is 11.8. The Balaban J connectivity index is 1.84. The Morgan fingerprint density at radius 2 is 1.25 bits per heavy atom. The molecule has 0 aromatic heterocycles. The van der Waals surface area contributed by atoms with Crippen molar-refractivity contribution in [2.45, 2.75) is 69.9 Å². The van der Waals surface area contributed by atoms with E-state index in [-0.39, 0.29) is 12.2 Å². The quantitative estimate of drug-likeness (QED) is 0.209. The van der Waals surface area contributed by atoms with E-state index >= 15 is 0 Å². The fourth-order valence-corrected chi connectivity index (χ4v) is 3.51. The minimum Gasteiger partial charge on any atom is -0.494 e. The Bertz CT molecular complexity index is 518. The fourth-order valence-electron chi connectivity index (χ4n) is 2.55. The number of thioether (sulfide) groups is 1. The maximum absolute atomic E-state index is 12.7. The Hall–Kier alpha value is -1.05. The summed E-state index contributed by atoms with van der Waals surface area (Å²) in [6, 6.07) is 5.95. The second kappa shape index (κ2) is 13.2. The number of rotatable bonds is 15. The molecule has 1 rings (SSSR count). The summed E-state index contributed by atoms with van der Waals surface area (Å²) in [5, 5.41) is 0. The summed E-state index contributed by atoms with van der Waals surface area (Å²) < 4.78 is 79.6. The number of halogens is 6. The van der Waals surface area contributed by atoms with Gasteiger partial charge in [-0.1, -0.05) is 32.1 Å². The average molecular weight is 430 g/mol. The van der Waals surface area contributed by atoms with E-state index in [1.54, 1.807) is 12.1 Å². The van der Waals surface area contributed by atoms with E-state index in [4.69, 9.17) is 4.74 Å². The van der Waals surface area contributed by atoms with E-state index in [9.17, 15) is 26.3 Å². The van der Waals surface area contributed by atoms with Crippen molar-refractivity contribution in [1.29, 1.82) is 0 Å². The van der Waals surface area contributed by atoms with Gasteiger partial charge in [-0.05, 0) is 55.0 Å². The van der Waals surface area contributed by atoms with Crippen LogP contribution in [0.1, 0.15) is 57.8 Å². The molecule has 0 radical (unpaired) electrons. The van der Waals surface area contributed by atoms with Gasteiger partial charge in [0.1, 0.15) is 11.6 Å². The summed E-state index contributed by atoms with van der Waals surface area (Å²) in [6.45, 7) is 0.607. The third-order valence-corrected chi connectivity index (χ3v) is 5.36. The molecule has 1 aromatic carbocycles. The van der Waals surface area contributed by atoms with Crippen LogP contribution >= 0.6 is 11.8 Å². The highest BCUT2D eigenvalue weighted by Gasteiger charge is 2.56. The molecule has 0 bridgehead atoms. The zero-order valence-corrected chi connectivity index (χ0v) is 16.7. The maximum Gasteiger partial charge on any atom is 0.453 e. The summed E-state index contributed by atoms with van der Waals surface area (Å²) in [5.41, 5.74) is 0. The smallest absolute Gasteiger partial charge is 0.453 e. The van der Waals surface area contributed by atoms with Crippen LogP contribution in [0.25, 0.3) is 0 Å². The molecule has 0 saturated carbocycles. The lowest BCUT2D eigenvalue weighted by Gasteiger charge is -2.19. The fraction of sp³-hybridized carbons (Fsp3) is 0.700. The van der Waals surface area contributed by atoms with Crippen molar-refractivity contribution in [3.63, 3.8) is 0 Å². The van der Waals surface area contributed by atoms with Crippen LogP contribution in [0.5, 0.6) is 5.75 Å². The molecular formula is C20H28F6OS. The number of hydrogen-bond donors (Lipinski definition) is 0. The molecule has 0 aliphatic heterocycles. The van der Waals surface area contributed by atoms with Crippen LogP contribution in [0, 0.1) is 5.82 Å². The van der Waals surface area contributed by atoms with Crippen molar-refractivity contribution in [1.82, 2.24) is 0 Å². The molecule has 0 fully saturated rings. The van der Waals surface area contributed by atoms with Gasteiger partial charge in [-0.2, -0.15) is 33.7 Å². The van der Waals surface area contributed by atoms with Gasteiger partial charge in [-0.25, -0.2) is 4.39 Å². The van der Waals surface area contributed by atoms with Gasteiger partial charge in [-0.3, -0.25) is 0 Å². The topological polar surface area (TPSA) is 9.23 Å². The van der Waals surface area contributed by atoms with E-state index in [2.05, 4.69) is 0 Å². The van der Waals surface area contributed by atoms with Crippen molar-refractivity contribution < 1.29 is 31.1 Å². The van der Waals surface area contributed by atoms with Crippen LogP contribution in [-0.4, -0.2) is 30.2 Å². The highest BCUT2D eigenvalue weighted by molar-refractivity contribution is 7.99. The van der Waals surface area contributed by atoms with Crippen molar-refractivity contribution in [2.24, 2.45) is 0 Å². The van der Waals surface area contributed by atoms with E-state index in [1.165, 1.54) is 23.9 Å². The zero-order valence-electron chi connectivity index (χ0n) is 15.9. The molecular weight excluding hydrogens is 402 g/mol. The van der Waals surface area contributed by atoms with Crippen molar-refractivity contribution >= 4 is 11.8 Å². The normalized spacial score (nSPS) is 12.4. The number of ether oxygens (including phenoxy) is 1. The molecule has 0 aliphatic carbocycles. The number of hydrogen-bond acceptors (Lipinski definition) is 2. The van der Waals surface area contributed by atoms with Crippen LogP contribution in [0.15, 0.2) is 24.3 Å². The molecule has 0 unspecified atom stereocenters. The average Bonchev–Trinajstić information content (AvgIpc) is 2.62.